The number of unbranched alkanes of at least 4 members (excludes halogenated alkanes) is 7. The lowest BCUT2D eigenvalue weighted by molar-refractivity contribution is 0.433. The van der Waals surface area contributed by atoms with Gasteiger partial charge in [0.2, 0.25) is 0 Å². The zero-order chi connectivity index (χ0) is 17.7. The van der Waals surface area contributed by atoms with Gasteiger partial charge < -0.3 is 10.6 Å². The number of nitrogens with one attached hydrogen (secondary N) is 2. The fourth-order valence-corrected chi connectivity index (χ4v) is 3.83. The molecule has 0 radical (unpaired) electrons. The van der Waals surface area contributed by atoms with Crippen molar-refractivity contribution in [3.05, 3.63) is 35.4 Å². The number of piperidine rings is 1. The standard InChI is InChI=1S/C22H36N2S.ClH/c1-2-3-4-5-6-7-8-9-11-19-13-15-20(16-14-19)22(25)24-21-12-10-17-23-18-21;/h13-16,21,23H,2-12,17-18H2,1H3,(H,24,25);1H/t21-;/m1./s1. The van der Waals surface area contributed by atoms with Gasteiger partial charge in [-0.25, -0.2) is 0 Å². The topological polar surface area (TPSA) is 24.1 Å². The maximum atomic E-state index is 5.57. The molecule has 1 atom stereocenters. The number of benzene rings is 1. The van der Waals surface area contributed by atoms with Crippen LogP contribution in [0.2, 0.25) is 0 Å². The molecular weight excluding hydrogens is 360 g/mol. The second-order valence-electron chi connectivity index (χ2n) is 7.44. The molecule has 0 unspecified atom stereocenters. The lowest BCUT2D eigenvalue weighted by Crippen LogP contribution is -2.45. The molecular formula is C22H37ClN2S. The van der Waals surface area contributed by atoms with Gasteiger partial charge in [-0.3, -0.25) is 0 Å². The van der Waals surface area contributed by atoms with Gasteiger partial charge in [-0.15, -0.1) is 12.4 Å². The number of aryl methyl sites for hydroxylation is 1. The first-order chi connectivity index (χ1) is 12.3. The van der Waals surface area contributed by atoms with Crippen molar-refractivity contribution in [1.82, 2.24) is 10.6 Å². The summed E-state index contributed by atoms with van der Waals surface area (Å²) >= 11 is 5.57. The Labute approximate surface area is 172 Å². The Hall–Kier alpha value is -0.640. The third-order valence-electron chi connectivity index (χ3n) is 5.17. The van der Waals surface area contributed by atoms with Crippen LogP contribution < -0.4 is 10.6 Å². The summed E-state index contributed by atoms with van der Waals surface area (Å²) in [5, 5.41) is 6.93. The van der Waals surface area contributed by atoms with Gasteiger partial charge in [0.25, 0.3) is 0 Å². The number of hydrogen-bond acceptors (Lipinski definition) is 2. The number of rotatable bonds is 11. The van der Waals surface area contributed by atoms with Crippen molar-refractivity contribution in [2.24, 2.45) is 0 Å². The van der Waals surface area contributed by atoms with Crippen LogP contribution in [-0.4, -0.2) is 24.1 Å². The first kappa shape index (κ1) is 23.4. The third kappa shape index (κ3) is 9.34. The van der Waals surface area contributed by atoms with Crippen LogP contribution in [0.3, 0.4) is 0 Å². The summed E-state index contributed by atoms with van der Waals surface area (Å²) in [6, 6.07) is 9.36. The summed E-state index contributed by atoms with van der Waals surface area (Å²) in [6.07, 6.45) is 14.7. The second kappa shape index (κ2) is 14.4. The maximum Gasteiger partial charge on any atom is 0.106 e. The molecule has 4 heteroatoms. The molecule has 2 rings (SSSR count). The zero-order valence-electron chi connectivity index (χ0n) is 16.4. The van der Waals surface area contributed by atoms with Gasteiger partial charge in [-0.1, -0.05) is 88.4 Å². The lowest BCUT2D eigenvalue weighted by Gasteiger charge is -2.25. The first-order valence-corrected chi connectivity index (χ1v) is 10.8. The van der Waals surface area contributed by atoms with Crippen LogP contribution in [0.1, 0.15) is 82.3 Å². The van der Waals surface area contributed by atoms with Crippen molar-refractivity contribution in [1.29, 1.82) is 0 Å². The molecule has 0 spiro atoms. The molecule has 1 saturated heterocycles. The number of thiocarbonyl (C=S) groups is 1. The molecule has 1 heterocycles. The SMILES string of the molecule is CCCCCCCCCCc1ccc(C(=S)N[C@@H]2CCCNC2)cc1.Cl. The molecule has 1 aliphatic rings. The Bertz CT molecular complexity index is 483. The quantitative estimate of drug-likeness (QED) is 0.364. The van der Waals surface area contributed by atoms with E-state index in [1.165, 1.54) is 76.2 Å². The van der Waals surface area contributed by atoms with E-state index in [9.17, 15) is 0 Å². The Morgan fingerprint density at radius 2 is 1.69 bits per heavy atom. The summed E-state index contributed by atoms with van der Waals surface area (Å²) in [4.78, 5) is 0.896. The van der Waals surface area contributed by atoms with E-state index in [1.54, 1.807) is 0 Å². The van der Waals surface area contributed by atoms with Crippen LogP contribution >= 0.6 is 24.6 Å². The van der Waals surface area contributed by atoms with E-state index in [0.29, 0.717) is 6.04 Å². The van der Waals surface area contributed by atoms with Gasteiger partial charge in [-0.2, -0.15) is 0 Å². The van der Waals surface area contributed by atoms with Crippen molar-refractivity contribution < 1.29 is 0 Å². The summed E-state index contributed by atoms with van der Waals surface area (Å²) in [6.45, 7) is 4.44. The van der Waals surface area contributed by atoms with E-state index in [4.69, 9.17) is 12.2 Å². The molecule has 2 nitrogen and oxygen atoms in total. The van der Waals surface area contributed by atoms with Crippen molar-refractivity contribution >= 4 is 29.6 Å². The van der Waals surface area contributed by atoms with Crippen LogP contribution in [0, 0.1) is 0 Å². The Balaban J connectivity index is 0.00000338. The normalized spacial score (nSPS) is 16.7. The monoisotopic (exact) mass is 396 g/mol. The summed E-state index contributed by atoms with van der Waals surface area (Å²) in [7, 11) is 0. The van der Waals surface area contributed by atoms with E-state index >= 15 is 0 Å². The molecule has 0 amide bonds. The molecule has 0 aromatic heterocycles. The largest absolute Gasteiger partial charge is 0.372 e. The van der Waals surface area contributed by atoms with Crippen LogP contribution in [0.15, 0.2) is 24.3 Å². The molecule has 1 aromatic rings. The van der Waals surface area contributed by atoms with Gasteiger partial charge in [0, 0.05) is 18.2 Å². The highest BCUT2D eigenvalue weighted by Crippen LogP contribution is 2.13. The predicted molar refractivity (Wildman–Crippen MR) is 121 cm³/mol. The van der Waals surface area contributed by atoms with E-state index in [-0.39, 0.29) is 12.4 Å². The molecule has 26 heavy (non-hydrogen) atoms. The minimum absolute atomic E-state index is 0. The van der Waals surface area contributed by atoms with E-state index in [0.717, 1.165) is 23.6 Å². The second-order valence-corrected chi connectivity index (χ2v) is 7.85. The fraction of sp³-hybridized carbons (Fsp3) is 0.682. The molecule has 0 aliphatic carbocycles. The minimum Gasteiger partial charge on any atom is -0.372 e. The molecule has 148 valence electrons. The molecule has 0 bridgehead atoms. The van der Waals surface area contributed by atoms with E-state index in [1.807, 2.05) is 0 Å². The van der Waals surface area contributed by atoms with Crippen LogP contribution in [-0.2, 0) is 6.42 Å². The average molecular weight is 397 g/mol. The van der Waals surface area contributed by atoms with E-state index in [2.05, 4.69) is 41.8 Å². The highest BCUT2D eigenvalue weighted by atomic mass is 35.5. The highest BCUT2D eigenvalue weighted by Gasteiger charge is 2.14. The molecule has 1 aromatic carbocycles. The summed E-state index contributed by atoms with van der Waals surface area (Å²) < 4.78 is 0. The third-order valence-corrected chi connectivity index (χ3v) is 5.52. The van der Waals surface area contributed by atoms with E-state index < -0.39 is 0 Å². The number of hydrogen-bond donors (Lipinski definition) is 2. The Morgan fingerprint density at radius 3 is 2.31 bits per heavy atom. The first-order valence-electron chi connectivity index (χ1n) is 10.4. The van der Waals surface area contributed by atoms with Gasteiger partial charge in [0.05, 0.1) is 0 Å². The molecule has 1 fully saturated rings. The van der Waals surface area contributed by atoms with Gasteiger partial charge in [0.15, 0.2) is 0 Å². The summed E-state index contributed by atoms with van der Waals surface area (Å²) in [5.41, 5.74) is 2.59. The van der Waals surface area contributed by atoms with Crippen LogP contribution in [0.5, 0.6) is 0 Å². The molecule has 2 N–H and O–H groups in total. The van der Waals surface area contributed by atoms with Gasteiger partial charge in [0.1, 0.15) is 4.99 Å². The average Bonchev–Trinajstić information content (AvgIpc) is 2.65. The smallest absolute Gasteiger partial charge is 0.106 e. The van der Waals surface area contributed by atoms with Crippen LogP contribution in [0.25, 0.3) is 0 Å². The highest BCUT2D eigenvalue weighted by molar-refractivity contribution is 7.80. The Morgan fingerprint density at radius 1 is 1.04 bits per heavy atom. The Kier molecular flexibility index (Phi) is 13.0. The van der Waals surface area contributed by atoms with Gasteiger partial charge in [-0.05, 0) is 37.8 Å². The van der Waals surface area contributed by atoms with Crippen molar-refractivity contribution in [3.8, 4) is 0 Å². The van der Waals surface area contributed by atoms with Crippen molar-refractivity contribution in [3.63, 3.8) is 0 Å². The van der Waals surface area contributed by atoms with Crippen molar-refractivity contribution in [2.45, 2.75) is 83.6 Å². The fourth-order valence-electron chi connectivity index (χ4n) is 3.53. The maximum absolute atomic E-state index is 5.57. The summed E-state index contributed by atoms with van der Waals surface area (Å²) in [5.74, 6) is 0. The van der Waals surface area contributed by atoms with Crippen molar-refractivity contribution in [2.75, 3.05) is 13.1 Å². The zero-order valence-corrected chi connectivity index (χ0v) is 18.0. The minimum atomic E-state index is 0. The number of halogens is 1. The molecule has 1 aliphatic heterocycles. The predicted octanol–water partition coefficient (Wildman–Crippen LogP) is 5.81. The lowest BCUT2D eigenvalue weighted by atomic mass is 10.0. The van der Waals surface area contributed by atoms with Gasteiger partial charge >= 0.3 is 0 Å². The van der Waals surface area contributed by atoms with Crippen LogP contribution in [0.4, 0.5) is 0 Å². The molecule has 0 saturated carbocycles.